The number of hydrogen-bond acceptors (Lipinski definition) is 3. The zero-order valence-corrected chi connectivity index (χ0v) is 13.6. The van der Waals surface area contributed by atoms with E-state index in [0.717, 1.165) is 21.3 Å². The van der Waals surface area contributed by atoms with Gasteiger partial charge in [-0.15, -0.1) is 0 Å². The van der Waals surface area contributed by atoms with E-state index in [2.05, 4.69) is 34.2 Å². The Balaban J connectivity index is 2.20. The number of benzene rings is 2. The SMILES string of the molecule is COCc1c(Br)cccc1NC(C)c1ccc(C#N)cc1. The minimum Gasteiger partial charge on any atom is -0.380 e. The van der Waals surface area contributed by atoms with Crippen molar-refractivity contribution in [2.45, 2.75) is 19.6 Å². The molecule has 0 fully saturated rings. The summed E-state index contributed by atoms with van der Waals surface area (Å²) in [4.78, 5) is 0. The van der Waals surface area contributed by atoms with Gasteiger partial charge in [0.05, 0.1) is 18.2 Å². The van der Waals surface area contributed by atoms with Crippen LogP contribution >= 0.6 is 15.9 Å². The van der Waals surface area contributed by atoms with Crippen molar-refractivity contribution >= 4 is 21.6 Å². The van der Waals surface area contributed by atoms with Crippen LogP contribution in [0.2, 0.25) is 0 Å². The summed E-state index contributed by atoms with van der Waals surface area (Å²) in [6.07, 6.45) is 0. The van der Waals surface area contributed by atoms with Crippen molar-refractivity contribution in [2.24, 2.45) is 0 Å². The lowest BCUT2D eigenvalue weighted by molar-refractivity contribution is 0.185. The van der Waals surface area contributed by atoms with Gasteiger partial charge in [-0.05, 0) is 36.8 Å². The Morgan fingerprint density at radius 2 is 1.95 bits per heavy atom. The fourth-order valence-electron chi connectivity index (χ4n) is 2.15. The molecule has 3 nitrogen and oxygen atoms in total. The van der Waals surface area contributed by atoms with E-state index in [1.54, 1.807) is 7.11 Å². The Morgan fingerprint density at radius 3 is 2.57 bits per heavy atom. The standard InChI is InChI=1S/C17H17BrN2O/c1-12(14-8-6-13(10-19)7-9-14)20-17-5-3-4-16(18)15(17)11-21-2/h3-9,12,20H,11H2,1-2H3. The summed E-state index contributed by atoms with van der Waals surface area (Å²) < 4.78 is 6.29. The van der Waals surface area contributed by atoms with Gasteiger partial charge in [-0.2, -0.15) is 5.26 Å². The predicted octanol–water partition coefficient (Wildman–Crippen LogP) is 4.64. The Hall–Kier alpha value is -1.83. The fourth-order valence-corrected chi connectivity index (χ4v) is 2.63. The van der Waals surface area contributed by atoms with Crippen molar-refractivity contribution in [1.82, 2.24) is 0 Å². The summed E-state index contributed by atoms with van der Waals surface area (Å²) in [5, 5.41) is 12.3. The van der Waals surface area contributed by atoms with Crippen LogP contribution in [-0.2, 0) is 11.3 Å². The molecule has 0 saturated carbocycles. The molecule has 1 unspecified atom stereocenters. The van der Waals surface area contributed by atoms with Gasteiger partial charge in [0.15, 0.2) is 0 Å². The second kappa shape index (κ2) is 7.26. The summed E-state index contributed by atoms with van der Waals surface area (Å²) in [7, 11) is 1.69. The molecule has 0 bridgehead atoms. The highest BCUT2D eigenvalue weighted by Gasteiger charge is 2.10. The molecule has 4 heteroatoms. The molecule has 0 aliphatic carbocycles. The zero-order chi connectivity index (χ0) is 15.2. The molecular formula is C17H17BrN2O. The molecule has 0 aliphatic heterocycles. The topological polar surface area (TPSA) is 45.0 Å². The number of halogens is 1. The number of nitrogens with one attached hydrogen (secondary N) is 1. The Bertz CT molecular complexity index is 647. The van der Waals surface area contributed by atoms with E-state index in [0.29, 0.717) is 12.2 Å². The van der Waals surface area contributed by atoms with Crippen molar-refractivity contribution in [3.8, 4) is 6.07 Å². The molecule has 0 spiro atoms. The van der Waals surface area contributed by atoms with E-state index in [-0.39, 0.29) is 6.04 Å². The second-order valence-corrected chi connectivity index (χ2v) is 5.65. The van der Waals surface area contributed by atoms with Gasteiger partial charge in [0.1, 0.15) is 0 Å². The molecule has 0 aliphatic rings. The van der Waals surface area contributed by atoms with Gasteiger partial charge in [-0.1, -0.05) is 34.1 Å². The van der Waals surface area contributed by atoms with Gasteiger partial charge in [0.2, 0.25) is 0 Å². The largest absolute Gasteiger partial charge is 0.380 e. The summed E-state index contributed by atoms with van der Waals surface area (Å²) in [5.41, 5.74) is 3.95. The van der Waals surface area contributed by atoms with Gasteiger partial charge in [-0.25, -0.2) is 0 Å². The summed E-state index contributed by atoms with van der Waals surface area (Å²) in [6, 6.07) is 15.9. The third-order valence-corrected chi connectivity index (χ3v) is 4.06. The average Bonchev–Trinajstić information content (AvgIpc) is 2.51. The van der Waals surface area contributed by atoms with Crippen molar-refractivity contribution < 1.29 is 4.74 Å². The number of rotatable bonds is 5. The number of nitrogens with zero attached hydrogens (tertiary/aromatic N) is 1. The van der Waals surface area contributed by atoms with Crippen LogP contribution in [0.5, 0.6) is 0 Å². The van der Waals surface area contributed by atoms with Crippen molar-refractivity contribution in [3.63, 3.8) is 0 Å². The van der Waals surface area contributed by atoms with Crippen molar-refractivity contribution in [1.29, 1.82) is 5.26 Å². The minimum atomic E-state index is 0.141. The van der Waals surface area contributed by atoms with Gasteiger partial charge < -0.3 is 10.1 Å². The Labute approximate surface area is 133 Å². The van der Waals surface area contributed by atoms with Gasteiger partial charge in [-0.3, -0.25) is 0 Å². The molecule has 2 aromatic carbocycles. The molecule has 108 valence electrons. The van der Waals surface area contributed by atoms with Crippen LogP contribution in [0, 0.1) is 11.3 Å². The van der Waals surface area contributed by atoms with E-state index in [4.69, 9.17) is 10.00 Å². The third kappa shape index (κ3) is 3.84. The highest BCUT2D eigenvalue weighted by atomic mass is 79.9. The number of nitriles is 1. The van der Waals surface area contributed by atoms with Crippen molar-refractivity contribution in [2.75, 3.05) is 12.4 Å². The van der Waals surface area contributed by atoms with Gasteiger partial charge in [0, 0.05) is 28.9 Å². The van der Waals surface area contributed by atoms with Crippen LogP contribution in [0.4, 0.5) is 5.69 Å². The molecular weight excluding hydrogens is 328 g/mol. The highest BCUT2D eigenvalue weighted by molar-refractivity contribution is 9.10. The smallest absolute Gasteiger partial charge is 0.0991 e. The first-order chi connectivity index (χ1) is 10.2. The average molecular weight is 345 g/mol. The van der Waals surface area contributed by atoms with E-state index < -0.39 is 0 Å². The normalized spacial score (nSPS) is 11.7. The molecule has 1 atom stereocenters. The maximum absolute atomic E-state index is 8.84. The Kier molecular flexibility index (Phi) is 5.38. The third-order valence-electron chi connectivity index (χ3n) is 3.32. The predicted molar refractivity (Wildman–Crippen MR) is 88.0 cm³/mol. The van der Waals surface area contributed by atoms with Crippen molar-refractivity contribution in [3.05, 3.63) is 63.6 Å². The first kappa shape index (κ1) is 15.6. The first-order valence-electron chi connectivity index (χ1n) is 6.68. The molecule has 2 rings (SSSR count). The van der Waals surface area contributed by atoms with E-state index >= 15 is 0 Å². The van der Waals surface area contributed by atoms with E-state index in [9.17, 15) is 0 Å². The fraction of sp³-hybridized carbons (Fsp3) is 0.235. The van der Waals surface area contributed by atoms with Crippen LogP contribution < -0.4 is 5.32 Å². The zero-order valence-electron chi connectivity index (χ0n) is 12.1. The van der Waals surface area contributed by atoms with Crippen LogP contribution in [0.15, 0.2) is 46.9 Å². The van der Waals surface area contributed by atoms with Crippen LogP contribution in [0.3, 0.4) is 0 Å². The van der Waals surface area contributed by atoms with E-state index in [1.165, 1.54) is 0 Å². The summed E-state index contributed by atoms with van der Waals surface area (Å²) in [5.74, 6) is 0. The monoisotopic (exact) mass is 344 g/mol. The molecule has 0 radical (unpaired) electrons. The lowest BCUT2D eigenvalue weighted by Crippen LogP contribution is -2.09. The molecule has 1 N–H and O–H groups in total. The molecule has 21 heavy (non-hydrogen) atoms. The maximum atomic E-state index is 8.84. The first-order valence-corrected chi connectivity index (χ1v) is 7.48. The Morgan fingerprint density at radius 1 is 1.24 bits per heavy atom. The quantitative estimate of drug-likeness (QED) is 0.859. The number of hydrogen-bond donors (Lipinski definition) is 1. The molecule has 0 amide bonds. The lowest BCUT2D eigenvalue weighted by atomic mass is 10.1. The minimum absolute atomic E-state index is 0.141. The molecule has 0 aromatic heterocycles. The lowest BCUT2D eigenvalue weighted by Gasteiger charge is -2.19. The molecule has 0 heterocycles. The summed E-state index contributed by atoms with van der Waals surface area (Å²) in [6.45, 7) is 2.64. The second-order valence-electron chi connectivity index (χ2n) is 4.80. The number of anilines is 1. The highest BCUT2D eigenvalue weighted by Crippen LogP contribution is 2.28. The summed E-state index contributed by atoms with van der Waals surface area (Å²) >= 11 is 3.56. The van der Waals surface area contributed by atoms with Gasteiger partial charge in [0.25, 0.3) is 0 Å². The maximum Gasteiger partial charge on any atom is 0.0991 e. The molecule has 0 saturated heterocycles. The van der Waals surface area contributed by atoms with Crippen LogP contribution in [0.1, 0.15) is 29.7 Å². The molecule has 2 aromatic rings. The number of ether oxygens (including phenoxy) is 1. The van der Waals surface area contributed by atoms with Crippen LogP contribution in [0.25, 0.3) is 0 Å². The van der Waals surface area contributed by atoms with E-state index in [1.807, 2.05) is 42.5 Å². The van der Waals surface area contributed by atoms with Crippen LogP contribution in [-0.4, -0.2) is 7.11 Å². The van der Waals surface area contributed by atoms with Gasteiger partial charge >= 0.3 is 0 Å². The number of methoxy groups -OCH3 is 1.